The SMILES string of the molecule is COc1cnc(C(=O)O)c(N)c1. The molecule has 0 saturated carbocycles. The van der Waals surface area contributed by atoms with E-state index in [-0.39, 0.29) is 11.4 Å². The molecule has 5 nitrogen and oxygen atoms in total. The molecular weight excluding hydrogens is 160 g/mol. The number of hydrogen-bond donors (Lipinski definition) is 2. The zero-order valence-electron chi connectivity index (χ0n) is 6.44. The molecule has 64 valence electrons. The molecule has 0 aliphatic rings. The molecule has 1 aromatic rings. The van der Waals surface area contributed by atoms with Crippen LogP contribution in [0.15, 0.2) is 12.3 Å². The predicted octanol–water partition coefficient (Wildman–Crippen LogP) is 0.371. The van der Waals surface area contributed by atoms with Crippen molar-refractivity contribution in [3.05, 3.63) is 18.0 Å². The first-order valence-electron chi connectivity index (χ1n) is 3.18. The fourth-order valence-electron chi connectivity index (χ4n) is 0.752. The van der Waals surface area contributed by atoms with Gasteiger partial charge in [0.25, 0.3) is 0 Å². The standard InChI is InChI=1S/C7H8N2O3/c1-12-4-2-5(8)6(7(10)11)9-3-4/h2-3H,8H2,1H3,(H,10,11). The van der Waals surface area contributed by atoms with E-state index in [1.54, 1.807) is 0 Å². The molecule has 0 unspecified atom stereocenters. The Hall–Kier alpha value is -1.78. The second kappa shape index (κ2) is 3.08. The third-order valence-electron chi connectivity index (χ3n) is 1.33. The fraction of sp³-hybridized carbons (Fsp3) is 0.143. The molecule has 1 rings (SSSR count). The van der Waals surface area contributed by atoms with Crippen molar-refractivity contribution in [2.75, 3.05) is 12.8 Å². The van der Waals surface area contributed by atoms with Crippen molar-refractivity contribution >= 4 is 11.7 Å². The number of rotatable bonds is 2. The number of carbonyl (C=O) groups is 1. The zero-order valence-corrected chi connectivity index (χ0v) is 6.44. The third kappa shape index (κ3) is 1.45. The lowest BCUT2D eigenvalue weighted by molar-refractivity contribution is 0.0691. The van der Waals surface area contributed by atoms with Crippen molar-refractivity contribution in [3.63, 3.8) is 0 Å². The van der Waals surface area contributed by atoms with Crippen molar-refractivity contribution in [3.8, 4) is 5.75 Å². The van der Waals surface area contributed by atoms with Gasteiger partial charge in [-0.05, 0) is 0 Å². The van der Waals surface area contributed by atoms with Gasteiger partial charge in [-0.2, -0.15) is 0 Å². The van der Waals surface area contributed by atoms with Crippen LogP contribution >= 0.6 is 0 Å². The maximum Gasteiger partial charge on any atom is 0.356 e. The Morgan fingerprint density at radius 3 is 2.83 bits per heavy atom. The van der Waals surface area contributed by atoms with Gasteiger partial charge in [-0.15, -0.1) is 0 Å². The number of hydrogen-bond acceptors (Lipinski definition) is 4. The molecule has 0 bridgehead atoms. The number of methoxy groups -OCH3 is 1. The van der Waals surface area contributed by atoms with Crippen LogP contribution in [0.2, 0.25) is 0 Å². The Balaban J connectivity index is 3.12. The number of aromatic carboxylic acids is 1. The average Bonchev–Trinajstić information content (AvgIpc) is 2.03. The summed E-state index contributed by atoms with van der Waals surface area (Å²) in [6.07, 6.45) is 1.31. The van der Waals surface area contributed by atoms with Crippen LogP contribution in [0.4, 0.5) is 5.69 Å². The number of aromatic nitrogens is 1. The van der Waals surface area contributed by atoms with Gasteiger partial charge in [-0.1, -0.05) is 0 Å². The van der Waals surface area contributed by atoms with Crippen molar-refractivity contribution in [2.45, 2.75) is 0 Å². The molecule has 0 saturated heterocycles. The number of nitrogens with two attached hydrogens (primary N) is 1. The maximum absolute atomic E-state index is 10.4. The first-order valence-corrected chi connectivity index (χ1v) is 3.18. The highest BCUT2D eigenvalue weighted by Crippen LogP contribution is 2.16. The number of pyridine rings is 1. The molecule has 5 heteroatoms. The first-order chi connectivity index (χ1) is 5.65. The molecule has 0 aliphatic heterocycles. The number of ether oxygens (including phenoxy) is 1. The largest absolute Gasteiger partial charge is 0.495 e. The van der Waals surface area contributed by atoms with E-state index >= 15 is 0 Å². The van der Waals surface area contributed by atoms with Gasteiger partial charge in [0.15, 0.2) is 5.69 Å². The van der Waals surface area contributed by atoms with E-state index < -0.39 is 5.97 Å². The lowest BCUT2D eigenvalue weighted by atomic mass is 10.3. The van der Waals surface area contributed by atoms with Crippen LogP contribution in [0.3, 0.4) is 0 Å². The van der Waals surface area contributed by atoms with Gasteiger partial charge >= 0.3 is 5.97 Å². The van der Waals surface area contributed by atoms with Crippen LogP contribution in [0.25, 0.3) is 0 Å². The highest BCUT2D eigenvalue weighted by atomic mass is 16.5. The minimum Gasteiger partial charge on any atom is -0.495 e. The van der Waals surface area contributed by atoms with Crippen molar-refractivity contribution in [1.29, 1.82) is 0 Å². The monoisotopic (exact) mass is 168 g/mol. The van der Waals surface area contributed by atoms with E-state index in [1.165, 1.54) is 19.4 Å². The molecular formula is C7H8N2O3. The Labute approximate surface area is 68.8 Å². The summed E-state index contributed by atoms with van der Waals surface area (Å²) in [6.45, 7) is 0. The van der Waals surface area contributed by atoms with Gasteiger partial charge in [0.1, 0.15) is 5.75 Å². The molecule has 0 fully saturated rings. The summed E-state index contributed by atoms with van der Waals surface area (Å²) in [6, 6.07) is 1.41. The zero-order chi connectivity index (χ0) is 9.14. The van der Waals surface area contributed by atoms with Crippen LogP contribution < -0.4 is 10.5 Å². The maximum atomic E-state index is 10.4. The molecule has 0 atom stereocenters. The summed E-state index contributed by atoms with van der Waals surface area (Å²) in [5, 5.41) is 8.55. The number of anilines is 1. The van der Waals surface area contributed by atoms with Crippen LogP contribution in [-0.4, -0.2) is 23.2 Å². The lowest BCUT2D eigenvalue weighted by Gasteiger charge is -2.02. The first kappa shape index (κ1) is 8.32. The van der Waals surface area contributed by atoms with E-state index in [2.05, 4.69) is 4.98 Å². The summed E-state index contributed by atoms with van der Waals surface area (Å²) in [5.74, 6) is -0.701. The van der Waals surface area contributed by atoms with Crippen LogP contribution in [0.5, 0.6) is 5.75 Å². The summed E-state index contributed by atoms with van der Waals surface area (Å²) in [7, 11) is 1.46. The molecule has 0 radical (unpaired) electrons. The van der Waals surface area contributed by atoms with Crippen molar-refractivity contribution in [1.82, 2.24) is 4.98 Å². The normalized spacial score (nSPS) is 9.42. The fourth-order valence-corrected chi connectivity index (χ4v) is 0.752. The quantitative estimate of drug-likeness (QED) is 0.666. The van der Waals surface area contributed by atoms with E-state index in [4.69, 9.17) is 15.6 Å². The third-order valence-corrected chi connectivity index (χ3v) is 1.33. The summed E-state index contributed by atoms with van der Waals surface area (Å²) < 4.78 is 4.79. The van der Waals surface area contributed by atoms with Gasteiger partial charge in [0.2, 0.25) is 0 Å². The Morgan fingerprint density at radius 2 is 2.42 bits per heavy atom. The molecule has 0 aliphatic carbocycles. The molecule has 1 heterocycles. The molecule has 12 heavy (non-hydrogen) atoms. The van der Waals surface area contributed by atoms with Crippen molar-refractivity contribution < 1.29 is 14.6 Å². The highest BCUT2D eigenvalue weighted by Gasteiger charge is 2.09. The van der Waals surface area contributed by atoms with E-state index in [9.17, 15) is 4.79 Å². The molecule has 0 aromatic carbocycles. The lowest BCUT2D eigenvalue weighted by Crippen LogP contribution is -2.05. The van der Waals surface area contributed by atoms with Crippen LogP contribution in [0, 0.1) is 0 Å². The smallest absolute Gasteiger partial charge is 0.356 e. The number of carboxylic acid groups (broad SMARTS) is 1. The second-order valence-corrected chi connectivity index (χ2v) is 2.12. The molecule has 3 N–H and O–H groups in total. The number of carboxylic acids is 1. The minimum atomic E-state index is -1.14. The van der Waals surface area contributed by atoms with E-state index in [0.29, 0.717) is 5.75 Å². The Kier molecular flexibility index (Phi) is 2.14. The van der Waals surface area contributed by atoms with Gasteiger partial charge < -0.3 is 15.6 Å². The van der Waals surface area contributed by atoms with Gasteiger partial charge in [0, 0.05) is 6.07 Å². The van der Waals surface area contributed by atoms with E-state index in [0.717, 1.165) is 0 Å². The predicted molar refractivity (Wildman–Crippen MR) is 42.2 cm³/mol. The summed E-state index contributed by atoms with van der Waals surface area (Å²) in [5.41, 5.74) is 5.32. The average molecular weight is 168 g/mol. The number of nitrogens with zero attached hydrogens (tertiary/aromatic N) is 1. The van der Waals surface area contributed by atoms with Gasteiger partial charge in [-0.25, -0.2) is 9.78 Å². The Bertz CT molecular complexity index is 312. The van der Waals surface area contributed by atoms with Gasteiger partial charge in [0.05, 0.1) is 19.0 Å². The van der Waals surface area contributed by atoms with Gasteiger partial charge in [-0.3, -0.25) is 0 Å². The number of nitrogen functional groups attached to an aromatic ring is 1. The topological polar surface area (TPSA) is 85.4 Å². The van der Waals surface area contributed by atoms with E-state index in [1.807, 2.05) is 0 Å². The second-order valence-electron chi connectivity index (χ2n) is 2.12. The highest BCUT2D eigenvalue weighted by molar-refractivity contribution is 5.91. The van der Waals surface area contributed by atoms with Crippen molar-refractivity contribution in [2.24, 2.45) is 0 Å². The minimum absolute atomic E-state index is 0.0989. The molecule has 1 aromatic heterocycles. The molecule has 0 spiro atoms. The summed E-state index contributed by atoms with van der Waals surface area (Å²) >= 11 is 0. The summed E-state index contributed by atoms with van der Waals surface area (Å²) in [4.78, 5) is 14.0. The Morgan fingerprint density at radius 1 is 1.75 bits per heavy atom. The van der Waals surface area contributed by atoms with Crippen LogP contribution in [0.1, 0.15) is 10.5 Å². The molecule has 0 amide bonds. The van der Waals surface area contributed by atoms with Crippen LogP contribution in [-0.2, 0) is 0 Å².